The Morgan fingerprint density at radius 2 is 2.00 bits per heavy atom. The summed E-state index contributed by atoms with van der Waals surface area (Å²) in [6, 6.07) is 12.3. The number of benzene rings is 2. The molecule has 23 heavy (non-hydrogen) atoms. The third-order valence-corrected chi connectivity index (χ3v) is 3.07. The molecule has 0 N–H and O–H groups in total. The van der Waals surface area contributed by atoms with Crippen molar-refractivity contribution >= 4 is 5.69 Å². The molecule has 7 heteroatoms. The van der Waals surface area contributed by atoms with E-state index in [0.29, 0.717) is 11.6 Å². The largest absolute Gasteiger partial charge is 0.480 e. The van der Waals surface area contributed by atoms with Crippen LogP contribution in [0.2, 0.25) is 0 Å². The van der Waals surface area contributed by atoms with E-state index in [9.17, 15) is 14.5 Å². The third kappa shape index (κ3) is 3.34. The molecular formula is C16H11FN2O4. The third-order valence-electron chi connectivity index (χ3n) is 3.07. The molecule has 0 fully saturated rings. The van der Waals surface area contributed by atoms with Gasteiger partial charge < -0.3 is 9.15 Å². The normalized spacial score (nSPS) is 10.5. The summed E-state index contributed by atoms with van der Waals surface area (Å²) in [7, 11) is 0. The van der Waals surface area contributed by atoms with Crippen LogP contribution in [0.15, 0.2) is 59.2 Å². The van der Waals surface area contributed by atoms with Gasteiger partial charge in [-0.1, -0.05) is 18.2 Å². The van der Waals surface area contributed by atoms with E-state index in [1.165, 1.54) is 6.26 Å². The fraction of sp³-hybridized carbons (Fsp3) is 0.0625. The summed E-state index contributed by atoms with van der Waals surface area (Å²) in [6.45, 7) is -0.0688. The molecule has 0 saturated carbocycles. The lowest BCUT2D eigenvalue weighted by atomic mass is 10.2. The predicted molar refractivity (Wildman–Crippen MR) is 79.3 cm³/mol. The van der Waals surface area contributed by atoms with E-state index in [1.54, 1.807) is 0 Å². The highest BCUT2D eigenvalue weighted by Gasteiger charge is 2.16. The zero-order chi connectivity index (χ0) is 16.2. The van der Waals surface area contributed by atoms with Gasteiger partial charge in [0.25, 0.3) is 0 Å². The number of hydrogen-bond acceptors (Lipinski definition) is 5. The maximum Gasteiger partial charge on any atom is 0.311 e. The molecule has 0 radical (unpaired) electrons. The van der Waals surface area contributed by atoms with Crippen molar-refractivity contribution in [2.75, 3.05) is 0 Å². The second kappa shape index (κ2) is 6.27. The number of ether oxygens (including phenoxy) is 1. The Morgan fingerprint density at radius 3 is 2.74 bits per heavy atom. The smallest absolute Gasteiger partial charge is 0.311 e. The molecule has 0 aliphatic rings. The number of nitrogens with zero attached hydrogens (tertiary/aromatic N) is 2. The average Bonchev–Trinajstić information content (AvgIpc) is 3.02. The van der Waals surface area contributed by atoms with Crippen molar-refractivity contribution in [3.05, 3.63) is 76.4 Å². The molecule has 6 nitrogen and oxygen atoms in total. The van der Waals surface area contributed by atoms with Crippen molar-refractivity contribution in [1.82, 2.24) is 4.98 Å². The lowest BCUT2D eigenvalue weighted by Gasteiger charge is -2.04. The van der Waals surface area contributed by atoms with Crippen LogP contribution in [0, 0.1) is 15.9 Å². The average molecular weight is 314 g/mol. The van der Waals surface area contributed by atoms with Crippen molar-refractivity contribution in [3.63, 3.8) is 0 Å². The van der Waals surface area contributed by atoms with Crippen molar-refractivity contribution in [3.8, 4) is 17.2 Å². The highest BCUT2D eigenvalue weighted by molar-refractivity contribution is 5.52. The van der Waals surface area contributed by atoms with Gasteiger partial charge in [0.05, 0.1) is 4.92 Å². The van der Waals surface area contributed by atoms with Crippen LogP contribution in [-0.2, 0) is 6.61 Å². The lowest BCUT2D eigenvalue weighted by Crippen LogP contribution is -2.00. The first-order valence-electron chi connectivity index (χ1n) is 6.70. The summed E-state index contributed by atoms with van der Waals surface area (Å²) < 4.78 is 23.9. The van der Waals surface area contributed by atoms with Crippen molar-refractivity contribution in [1.29, 1.82) is 0 Å². The molecule has 0 unspecified atom stereocenters. The summed E-state index contributed by atoms with van der Waals surface area (Å²) >= 11 is 0. The van der Waals surface area contributed by atoms with Gasteiger partial charge in [-0.3, -0.25) is 10.1 Å². The van der Waals surface area contributed by atoms with Gasteiger partial charge in [0.15, 0.2) is 5.75 Å². The van der Waals surface area contributed by atoms with Crippen LogP contribution >= 0.6 is 0 Å². The number of aromatic nitrogens is 1. The van der Waals surface area contributed by atoms with E-state index in [0.717, 1.165) is 23.8 Å². The van der Waals surface area contributed by atoms with E-state index in [-0.39, 0.29) is 18.0 Å². The molecular weight excluding hydrogens is 303 g/mol. The molecule has 2 aromatic carbocycles. The van der Waals surface area contributed by atoms with Crippen LogP contribution in [-0.4, -0.2) is 9.91 Å². The summed E-state index contributed by atoms with van der Waals surface area (Å²) in [4.78, 5) is 14.5. The van der Waals surface area contributed by atoms with Gasteiger partial charge in [-0.15, -0.1) is 0 Å². The topological polar surface area (TPSA) is 78.4 Å². The Kier molecular flexibility index (Phi) is 4.01. The summed E-state index contributed by atoms with van der Waals surface area (Å²) in [5.74, 6) is -0.354. The van der Waals surface area contributed by atoms with Crippen LogP contribution in [0.25, 0.3) is 11.5 Å². The first-order chi connectivity index (χ1) is 11.1. The zero-order valence-corrected chi connectivity index (χ0v) is 11.8. The Labute approximate surface area is 130 Å². The Morgan fingerprint density at radius 1 is 1.22 bits per heavy atom. The van der Waals surface area contributed by atoms with Gasteiger partial charge in [0.1, 0.15) is 24.4 Å². The number of hydrogen-bond donors (Lipinski definition) is 0. The highest BCUT2D eigenvalue weighted by Crippen LogP contribution is 2.28. The molecule has 116 valence electrons. The standard InChI is InChI=1S/C16H11FN2O4/c17-12-6-7-14(19(20)21)15(8-12)22-9-13-10-23-16(18-13)11-4-2-1-3-5-11/h1-8,10H,9H2. The Hall–Kier alpha value is -3.22. The SMILES string of the molecule is O=[N+]([O-])c1ccc(F)cc1OCc1coc(-c2ccccc2)n1. The minimum absolute atomic E-state index is 0.0688. The lowest BCUT2D eigenvalue weighted by molar-refractivity contribution is -0.386. The molecule has 1 aromatic heterocycles. The van der Waals surface area contributed by atoms with E-state index < -0.39 is 10.7 Å². The fourth-order valence-electron chi connectivity index (χ4n) is 1.99. The molecule has 3 aromatic rings. The van der Waals surface area contributed by atoms with Gasteiger partial charge >= 0.3 is 5.69 Å². The molecule has 0 amide bonds. The van der Waals surface area contributed by atoms with Gasteiger partial charge in [-0.05, 0) is 18.2 Å². The van der Waals surface area contributed by atoms with Crippen molar-refractivity contribution < 1.29 is 18.5 Å². The predicted octanol–water partition coefficient (Wildman–Crippen LogP) is 3.97. The minimum Gasteiger partial charge on any atom is -0.480 e. The number of halogens is 1. The first kappa shape index (κ1) is 14.7. The summed E-state index contributed by atoms with van der Waals surface area (Å²) in [5.41, 5.74) is 0.941. The summed E-state index contributed by atoms with van der Waals surface area (Å²) in [6.07, 6.45) is 1.40. The molecule has 0 bridgehead atoms. The van der Waals surface area contributed by atoms with Crippen molar-refractivity contribution in [2.45, 2.75) is 6.61 Å². The van der Waals surface area contributed by atoms with Gasteiger partial charge in [-0.25, -0.2) is 9.37 Å². The van der Waals surface area contributed by atoms with Gasteiger partial charge in [0.2, 0.25) is 5.89 Å². The Balaban J connectivity index is 1.76. The monoisotopic (exact) mass is 314 g/mol. The number of rotatable bonds is 5. The van der Waals surface area contributed by atoms with Crippen LogP contribution < -0.4 is 4.74 Å². The molecule has 1 heterocycles. The van der Waals surface area contributed by atoms with Crippen LogP contribution in [0.1, 0.15) is 5.69 Å². The number of nitro benzene ring substituents is 1. The number of nitro groups is 1. The second-order valence-corrected chi connectivity index (χ2v) is 4.67. The van der Waals surface area contributed by atoms with E-state index in [2.05, 4.69) is 4.98 Å². The van der Waals surface area contributed by atoms with Gasteiger partial charge in [0, 0.05) is 17.7 Å². The fourth-order valence-corrected chi connectivity index (χ4v) is 1.99. The summed E-state index contributed by atoms with van der Waals surface area (Å²) in [5, 5.41) is 10.9. The molecule has 3 rings (SSSR count). The maximum atomic E-state index is 13.2. The zero-order valence-electron chi connectivity index (χ0n) is 11.8. The van der Waals surface area contributed by atoms with E-state index in [1.807, 2.05) is 30.3 Å². The van der Waals surface area contributed by atoms with Crippen LogP contribution in [0.4, 0.5) is 10.1 Å². The molecule has 0 spiro atoms. The van der Waals surface area contributed by atoms with Crippen molar-refractivity contribution in [2.24, 2.45) is 0 Å². The number of oxazole rings is 1. The molecule has 0 saturated heterocycles. The van der Waals surface area contributed by atoms with Crippen LogP contribution in [0.3, 0.4) is 0 Å². The molecule has 0 aliphatic heterocycles. The van der Waals surface area contributed by atoms with Gasteiger partial charge in [-0.2, -0.15) is 0 Å². The molecule has 0 atom stereocenters. The first-order valence-corrected chi connectivity index (χ1v) is 6.70. The maximum absolute atomic E-state index is 13.2. The highest BCUT2D eigenvalue weighted by atomic mass is 19.1. The Bertz CT molecular complexity index is 833. The van der Waals surface area contributed by atoms with E-state index in [4.69, 9.17) is 9.15 Å². The quantitative estimate of drug-likeness (QED) is 0.526. The second-order valence-electron chi connectivity index (χ2n) is 4.67. The van der Waals surface area contributed by atoms with Crippen LogP contribution in [0.5, 0.6) is 5.75 Å². The van der Waals surface area contributed by atoms with E-state index >= 15 is 0 Å². The minimum atomic E-state index is -0.632. The molecule has 0 aliphatic carbocycles.